The van der Waals surface area contributed by atoms with E-state index in [4.69, 9.17) is 5.26 Å². The quantitative estimate of drug-likeness (QED) is 0.599. The average Bonchev–Trinajstić information content (AvgIpc) is 2.78. The number of fused-ring (bicyclic) bond motifs is 1. The topological polar surface area (TPSA) is 61.2 Å². The lowest BCUT2D eigenvalue weighted by atomic mass is 9.77. The number of hydrogen-bond donors (Lipinski definition) is 0. The van der Waals surface area contributed by atoms with Crippen molar-refractivity contribution >= 4 is 28.2 Å². The SMILES string of the molecule is N#Cc1ccc(N2C(=O)CC(c3ccc4ccccc4c3)C3=C2CCCC3=O)cc1. The van der Waals surface area contributed by atoms with Gasteiger partial charge in [-0.05, 0) is 53.4 Å². The molecule has 1 atom stereocenters. The van der Waals surface area contributed by atoms with Gasteiger partial charge in [0.15, 0.2) is 5.78 Å². The predicted molar refractivity (Wildman–Crippen MR) is 116 cm³/mol. The molecule has 0 saturated carbocycles. The molecule has 0 bridgehead atoms. The van der Waals surface area contributed by atoms with Crippen LogP contribution in [0.1, 0.15) is 42.7 Å². The van der Waals surface area contributed by atoms with E-state index in [1.807, 2.05) is 18.2 Å². The molecular formula is C26H20N2O2. The van der Waals surface area contributed by atoms with Crippen LogP contribution in [0.3, 0.4) is 0 Å². The van der Waals surface area contributed by atoms with E-state index in [0.29, 0.717) is 18.4 Å². The fraction of sp³-hybridized carbons (Fsp3) is 0.192. The second kappa shape index (κ2) is 7.27. The van der Waals surface area contributed by atoms with Crippen LogP contribution in [0, 0.1) is 11.3 Å². The average molecular weight is 392 g/mol. The maximum atomic E-state index is 13.3. The van der Waals surface area contributed by atoms with E-state index in [1.165, 1.54) is 0 Å². The van der Waals surface area contributed by atoms with Gasteiger partial charge in [-0.2, -0.15) is 5.26 Å². The minimum absolute atomic E-state index is 0.00804. The molecule has 0 N–H and O–H groups in total. The number of nitriles is 1. The Morgan fingerprint density at radius 2 is 1.67 bits per heavy atom. The van der Waals surface area contributed by atoms with E-state index in [9.17, 15) is 9.59 Å². The van der Waals surface area contributed by atoms with Crippen LogP contribution in [0.5, 0.6) is 0 Å². The lowest BCUT2D eigenvalue weighted by molar-refractivity contribution is -0.119. The van der Waals surface area contributed by atoms with Gasteiger partial charge < -0.3 is 0 Å². The highest BCUT2D eigenvalue weighted by Crippen LogP contribution is 2.43. The Morgan fingerprint density at radius 1 is 0.900 bits per heavy atom. The largest absolute Gasteiger partial charge is 0.294 e. The molecule has 146 valence electrons. The first-order valence-electron chi connectivity index (χ1n) is 10.2. The molecule has 5 rings (SSSR count). The number of anilines is 1. The first-order valence-corrected chi connectivity index (χ1v) is 10.2. The van der Waals surface area contributed by atoms with E-state index in [2.05, 4.69) is 30.3 Å². The van der Waals surface area contributed by atoms with Crippen molar-refractivity contribution in [2.45, 2.75) is 31.6 Å². The molecule has 0 aromatic heterocycles. The molecule has 30 heavy (non-hydrogen) atoms. The van der Waals surface area contributed by atoms with Crippen LogP contribution in [-0.4, -0.2) is 11.7 Å². The van der Waals surface area contributed by atoms with Crippen molar-refractivity contribution in [3.8, 4) is 6.07 Å². The summed E-state index contributed by atoms with van der Waals surface area (Å²) in [5, 5.41) is 11.3. The van der Waals surface area contributed by atoms with Crippen LogP contribution in [0.4, 0.5) is 5.69 Å². The van der Waals surface area contributed by atoms with E-state index in [0.717, 1.165) is 39.7 Å². The Hall–Kier alpha value is -3.71. The number of allylic oxidation sites excluding steroid dienone is 2. The normalized spacial score (nSPS) is 19.0. The minimum atomic E-state index is -0.209. The third kappa shape index (κ3) is 3.00. The van der Waals surface area contributed by atoms with Crippen LogP contribution >= 0.6 is 0 Å². The van der Waals surface area contributed by atoms with E-state index < -0.39 is 0 Å². The third-order valence-corrected chi connectivity index (χ3v) is 6.11. The maximum absolute atomic E-state index is 13.3. The highest BCUT2D eigenvalue weighted by molar-refractivity contribution is 6.07. The summed E-state index contributed by atoms with van der Waals surface area (Å²) in [6, 6.07) is 23.5. The van der Waals surface area contributed by atoms with Crippen molar-refractivity contribution in [1.82, 2.24) is 0 Å². The van der Waals surface area contributed by atoms with Gasteiger partial charge >= 0.3 is 0 Å². The van der Waals surface area contributed by atoms with Gasteiger partial charge in [0.2, 0.25) is 5.91 Å². The van der Waals surface area contributed by atoms with Gasteiger partial charge in [0, 0.05) is 35.7 Å². The number of amides is 1. The van der Waals surface area contributed by atoms with Crippen LogP contribution < -0.4 is 4.90 Å². The number of nitrogens with zero attached hydrogens (tertiary/aromatic N) is 2. The Labute approximate surface area is 175 Å². The maximum Gasteiger partial charge on any atom is 0.232 e. The summed E-state index contributed by atoms with van der Waals surface area (Å²) >= 11 is 0. The van der Waals surface area contributed by atoms with Gasteiger partial charge in [-0.3, -0.25) is 14.5 Å². The van der Waals surface area contributed by atoms with Crippen molar-refractivity contribution in [3.63, 3.8) is 0 Å². The van der Waals surface area contributed by atoms with Crippen molar-refractivity contribution in [1.29, 1.82) is 5.26 Å². The molecule has 4 heteroatoms. The number of Topliss-reactive ketones (excluding diaryl/α,β-unsaturated/α-hetero) is 1. The summed E-state index contributed by atoms with van der Waals surface area (Å²) in [5.74, 6) is -0.0774. The molecular weight excluding hydrogens is 372 g/mol. The fourth-order valence-electron chi connectivity index (χ4n) is 4.69. The summed E-state index contributed by atoms with van der Waals surface area (Å²) < 4.78 is 0. The molecule has 1 unspecified atom stereocenters. The number of benzene rings is 3. The van der Waals surface area contributed by atoms with Crippen molar-refractivity contribution in [3.05, 3.63) is 89.1 Å². The summed E-state index contributed by atoms with van der Waals surface area (Å²) in [5.41, 5.74) is 3.89. The fourth-order valence-corrected chi connectivity index (χ4v) is 4.69. The first kappa shape index (κ1) is 18.3. The van der Waals surface area contributed by atoms with Crippen LogP contribution in [-0.2, 0) is 9.59 Å². The smallest absolute Gasteiger partial charge is 0.232 e. The van der Waals surface area contributed by atoms with Gasteiger partial charge in [0.1, 0.15) is 0 Å². The molecule has 1 aliphatic carbocycles. The molecule has 0 fully saturated rings. The van der Waals surface area contributed by atoms with Crippen LogP contribution in [0.25, 0.3) is 10.8 Å². The molecule has 0 radical (unpaired) electrons. The van der Waals surface area contributed by atoms with Gasteiger partial charge in [-0.15, -0.1) is 0 Å². The Balaban J connectivity index is 1.64. The standard InChI is InChI=1S/C26H20N2O2/c27-16-17-8-12-21(13-9-17)28-23-6-3-7-24(29)26(23)22(15-25(28)30)20-11-10-18-4-1-2-5-19(18)14-20/h1-2,4-5,8-14,22H,3,6-7,15H2. The number of ketones is 1. The first-order chi connectivity index (χ1) is 14.7. The molecule has 1 heterocycles. The monoisotopic (exact) mass is 392 g/mol. The molecule has 1 amide bonds. The predicted octanol–water partition coefficient (Wildman–Crippen LogP) is 5.24. The second-order valence-corrected chi connectivity index (χ2v) is 7.89. The third-order valence-electron chi connectivity index (χ3n) is 6.11. The zero-order valence-electron chi connectivity index (χ0n) is 16.5. The van der Waals surface area contributed by atoms with Crippen LogP contribution in [0.2, 0.25) is 0 Å². The highest BCUT2D eigenvalue weighted by Gasteiger charge is 2.39. The lowest BCUT2D eigenvalue weighted by Gasteiger charge is -2.38. The van der Waals surface area contributed by atoms with Crippen molar-refractivity contribution < 1.29 is 9.59 Å². The molecule has 3 aromatic rings. The second-order valence-electron chi connectivity index (χ2n) is 7.89. The van der Waals surface area contributed by atoms with Crippen molar-refractivity contribution in [2.24, 2.45) is 0 Å². The zero-order valence-corrected chi connectivity index (χ0v) is 16.5. The highest BCUT2D eigenvalue weighted by atomic mass is 16.2. The zero-order chi connectivity index (χ0) is 20.7. The van der Waals surface area contributed by atoms with Gasteiger partial charge in [0.25, 0.3) is 0 Å². The molecule has 3 aromatic carbocycles. The minimum Gasteiger partial charge on any atom is -0.294 e. The summed E-state index contributed by atoms with van der Waals surface area (Å²) in [4.78, 5) is 28.0. The van der Waals surface area contributed by atoms with Crippen LogP contribution in [0.15, 0.2) is 78.0 Å². The van der Waals surface area contributed by atoms with Crippen molar-refractivity contribution in [2.75, 3.05) is 4.90 Å². The summed E-state index contributed by atoms with van der Waals surface area (Å²) in [7, 11) is 0. The number of rotatable bonds is 2. The van der Waals surface area contributed by atoms with E-state index in [1.54, 1.807) is 29.2 Å². The molecule has 0 spiro atoms. The van der Waals surface area contributed by atoms with Gasteiger partial charge in [-0.25, -0.2) is 0 Å². The number of hydrogen-bond acceptors (Lipinski definition) is 3. The van der Waals surface area contributed by atoms with E-state index >= 15 is 0 Å². The Bertz CT molecular complexity index is 1250. The molecule has 4 nitrogen and oxygen atoms in total. The van der Waals surface area contributed by atoms with Gasteiger partial charge in [-0.1, -0.05) is 42.5 Å². The van der Waals surface area contributed by atoms with E-state index in [-0.39, 0.29) is 24.0 Å². The number of carbonyl (C=O) groups is 2. The Morgan fingerprint density at radius 3 is 2.43 bits per heavy atom. The lowest BCUT2D eigenvalue weighted by Crippen LogP contribution is -2.40. The molecule has 2 aliphatic rings. The van der Waals surface area contributed by atoms with Gasteiger partial charge in [0.05, 0.1) is 11.6 Å². The molecule has 0 saturated heterocycles. The summed E-state index contributed by atoms with van der Waals surface area (Å²) in [6.45, 7) is 0. The molecule has 1 aliphatic heterocycles. The Kier molecular flexibility index (Phi) is 4.44. The summed E-state index contributed by atoms with van der Waals surface area (Å²) in [6.07, 6.45) is 2.25. The number of carbonyl (C=O) groups excluding carboxylic acids is 2.